The molecule has 2 N–H and O–H groups in total. The van der Waals surface area contributed by atoms with Crippen molar-refractivity contribution >= 4 is 17.2 Å². The summed E-state index contributed by atoms with van der Waals surface area (Å²) in [6.45, 7) is 0. The van der Waals surface area contributed by atoms with Gasteiger partial charge >= 0.3 is 17.3 Å². The van der Waals surface area contributed by atoms with Crippen molar-refractivity contribution in [3.05, 3.63) is 50.6 Å². The number of nitro groups is 2. The number of hydrogen-bond acceptors (Lipinski definition) is 8. The molecule has 0 spiro atoms. The number of benzene rings is 1. The van der Waals surface area contributed by atoms with Gasteiger partial charge in [-0.05, 0) is 6.07 Å². The molecule has 0 aliphatic rings. The van der Waals surface area contributed by atoms with Crippen molar-refractivity contribution in [2.45, 2.75) is 0 Å². The third kappa shape index (κ3) is 2.65. The van der Waals surface area contributed by atoms with Gasteiger partial charge in [0.2, 0.25) is 11.6 Å². The Labute approximate surface area is 115 Å². The van der Waals surface area contributed by atoms with Gasteiger partial charge in [-0.2, -0.15) is 4.98 Å². The molecular formula is C10H6FN5O5. The van der Waals surface area contributed by atoms with Gasteiger partial charge in [0.15, 0.2) is 5.82 Å². The van der Waals surface area contributed by atoms with Crippen molar-refractivity contribution in [1.82, 2.24) is 9.97 Å². The SMILES string of the molecule is Nc1ncnc(Oc2c(F)cccc2[N+](=O)[O-])c1[N+](=O)[O-]. The quantitative estimate of drug-likeness (QED) is 0.663. The Balaban J connectivity index is 2.56. The van der Waals surface area contributed by atoms with Crippen molar-refractivity contribution in [1.29, 1.82) is 0 Å². The summed E-state index contributed by atoms with van der Waals surface area (Å²) in [7, 11) is 0. The first kappa shape index (κ1) is 14.0. The molecule has 0 aliphatic heterocycles. The maximum absolute atomic E-state index is 13.7. The van der Waals surface area contributed by atoms with Crippen LogP contribution < -0.4 is 10.5 Å². The third-order valence-corrected chi connectivity index (χ3v) is 2.34. The molecule has 0 saturated heterocycles. The van der Waals surface area contributed by atoms with E-state index in [9.17, 15) is 24.6 Å². The van der Waals surface area contributed by atoms with Crippen LogP contribution in [-0.4, -0.2) is 19.8 Å². The topological polar surface area (TPSA) is 147 Å². The third-order valence-electron chi connectivity index (χ3n) is 2.34. The van der Waals surface area contributed by atoms with E-state index in [0.717, 1.165) is 24.5 Å². The van der Waals surface area contributed by atoms with Crippen LogP contribution in [0, 0.1) is 26.0 Å². The van der Waals surface area contributed by atoms with Crippen molar-refractivity contribution < 1.29 is 19.0 Å². The Morgan fingerprint density at radius 1 is 1.19 bits per heavy atom. The number of nitrogen functional groups attached to an aromatic ring is 1. The van der Waals surface area contributed by atoms with Crippen molar-refractivity contribution in [3.8, 4) is 11.6 Å². The number of hydrogen-bond donors (Lipinski definition) is 1. The Morgan fingerprint density at radius 2 is 1.90 bits per heavy atom. The van der Waals surface area contributed by atoms with Crippen LogP contribution in [0.4, 0.5) is 21.6 Å². The normalized spacial score (nSPS) is 10.1. The second kappa shape index (κ2) is 5.32. The number of anilines is 1. The first-order valence-electron chi connectivity index (χ1n) is 5.27. The lowest BCUT2D eigenvalue weighted by Crippen LogP contribution is -2.04. The summed E-state index contributed by atoms with van der Waals surface area (Å²) in [6, 6.07) is 2.98. The van der Waals surface area contributed by atoms with Gasteiger partial charge in [0.25, 0.3) is 0 Å². The van der Waals surface area contributed by atoms with Crippen LogP contribution in [-0.2, 0) is 0 Å². The van der Waals surface area contributed by atoms with E-state index in [1.807, 2.05) is 0 Å². The summed E-state index contributed by atoms with van der Waals surface area (Å²) in [4.78, 5) is 26.7. The summed E-state index contributed by atoms with van der Waals surface area (Å²) in [6.07, 6.45) is 0.852. The maximum atomic E-state index is 13.7. The number of halogens is 1. The number of rotatable bonds is 4. The highest BCUT2D eigenvalue weighted by atomic mass is 19.1. The fourth-order valence-corrected chi connectivity index (χ4v) is 1.46. The zero-order valence-corrected chi connectivity index (χ0v) is 10.1. The van der Waals surface area contributed by atoms with Crippen LogP contribution >= 0.6 is 0 Å². The van der Waals surface area contributed by atoms with Crippen LogP contribution in [0.25, 0.3) is 0 Å². The Hall–Kier alpha value is -3.37. The van der Waals surface area contributed by atoms with E-state index < -0.39 is 44.5 Å². The van der Waals surface area contributed by atoms with Gasteiger partial charge in [-0.1, -0.05) is 6.07 Å². The molecule has 1 heterocycles. The minimum Gasteiger partial charge on any atom is -0.423 e. The van der Waals surface area contributed by atoms with Gasteiger partial charge in [0.1, 0.15) is 6.33 Å². The number of ether oxygens (including phenoxy) is 1. The zero-order valence-electron chi connectivity index (χ0n) is 10.1. The van der Waals surface area contributed by atoms with E-state index in [4.69, 9.17) is 10.5 Å². The summed E-state index contributed by atoms with van der Waals surface area (Å²) in [5.41, 5.74) is 3.79. The summed E-state index contributed by atoms with van der Waals surface area (Å²) >= 11 is 0. The summed E-state index contributed by atoms with van der Waals surface area (Å²) < 4.78 is 18.5. The molecule has 2 aromatic rings. The average molecular weight is 295 g/mol. The molecule has 0 aliphatic carbocycles. The van der Waals surface area contributed by atoms with Crippen molar-refractivity contribution in [2.75, 3.05) is 5.73 Å². The van der Waals surface area contributed by atoms with Crippen molar-refractivity contribution in [2.24, 2.45) is 0 Å². The lowest BCUT2D eigenvalue weighted by atomic mass is 10.3. The van der Waals surface area contributed by atoms with Crippen LogP contribution in [0.5, 0.6) is 11.6 Å². The van der Waals surface area contributed by atoms with Gasteiger partial charge < -0.3 is 10.5 Å². The highest BCUT2D eigenvalue weighted by molar-refractivity contribution is 5.60. The molecule has 0 saturated carbocycles. The minimum absolute atomic E-state index is 0.510. The van der Waals surface area contributed by atoms with Gasteiger partial charge in [-0.25, -0.2) is 9.37 Å². The van der Waals surface area contributed by atoms with Crippen LogP contribution in [0.15, 0.2) is 24.5 Å². The molecular weight excluding hydrogens is 289 g/mol. The zero-order chi connectivity index (χ0) is 15.6. The number of nitrogens with two attached hydrogens (primary N) is 1. The van der Waals surface area contributed by atoms with Gasteiger partial charge in [0, 0.05) is 6.07 Å². The highest BCUT2D eigenvalue weighted by Gasteiger charge is 2.27. The van der Waals surface area contributed by atoms with Gasteiger partial charge in [-0.3, -0.25) is 20.2 Å². The molecule has 0 unspecified atom stereocenters. The minimum atomic E-state index is -1.07. The second-order valence-corrected chi connectivity index (χ2v) is 3.62. The Kier molecular flexibility index (Phi) is 3.56. The molecule has 0 bridgehead atoms. The van der Waals surface area contributed by atoms with E-state index in [0.29, 0.717) is 0 Å². The molecule has 0 atom stereocenters. The van der Waals surface area contributed by atoms with Crippen LogP contribution in [0.1, 0.15) is 0 Å². The molecule has 2 rings (SSSR count). The lowest BCUT2D eigenvalue weighted by molar-refractivity contribution is -0.387. The molecule has 21 heavy (non-hydrogen) atoms. The molecule has 0 amide bonds. The van der Waals surface area contributed by atoms with E-state index in [2.05, 4.69) is 9.97 Å². The molecule has 108 valence electrons. The first-order chi connectivity index (χ1) is 9.91. The second-order valence-electron chi connectivity index (χ2n) is 3.62. The molecule has 1 aromatic heterocycles. The average Bonchev–Trinajstić information content (AvgIpc) is 2.40. The van der Waals surface area contributed by atoms with Gasteiger partial charge in [-0.15, -0.1) is 0 Å². The highest BCUT2D eigenvalue weighted by Crippen LogP contribution is 2.37. The smallest absolute Gasteiger partial charge is 0.372 e. The van der Waals surface area contributed by atoms with Crippen molar-refractivity contribution in [3.63, 3.8) is 0 Å². The summed E-state index contributed by atoms with van der Waals surface area (Å²) in [5, 5.41) is 21.7. The van der Waals surface area contributed by atoms with Crippen LogP contribution in [0.3, 0.4) is 0 Å². The lowest BCUT2D eigenvalue weighted by Gasteiger charge is -2.07. The molecule has 1 aromatic carbocycles. The van der Waals surface area contributed by atoms with E-state index in [1.54, 1.807) is 0 Å². The fourth-order valence-electron chi connectivity index (χ4n) is 1.46. The Bertz CT molecular complexity index is 738. The predicted octanol–water partition coefficient (Wildman–Crippen LogP) is 1.81. The van der Waals surface area contributed by atoms with E-state index in [-0.39, 0.29) is 0 Å². The number of aromatic nitrogens is 2. The number of nitro benzene ring substituents is 1. The molecule has 10 nitrogen and oxygen atoms in total. The van der Waals surface area contributed by atoms with Gasteiger partial charge in [0.05, 0.1) is 9.85 Å². The van der Waals surface area contributed by atoms with E-state index in [1.165, 1.54) is 0 Å². The monoisotopic (exact) mass is 295 g/mol. The van der Waals surface area contributed by atoms with Crippen LogP contribution in [0.2, 0.25) is 0 Å². The predicted molar refractivity (Wildman–Crippen MR) is 66.2 cm³/mol. The number of para-hydroxylation sites is 1. The maximum Gasteiger partial charge on any atom is 0.372 e. The molecule has 0 radical (unpaired) electrons. The number of nitrogens with zero attached hydrogens (tertiary/aromatic N) is 4. The van der Waals surface area contributed by atoms with E-state index >= 15 is 0 Å². The fraction of sp³-hybridized carbons (Fsp3) is 0. The molecule has 11 heteroatoms. The first-order valence-corrected chi connectivity index (χ1v) is 5.27. The largest absolute Gasteiger partial charge is 0.423 e. The molecule has 0 fully saturated rings. The standard InChI is InChI=1S/C10H6FN5O5/c11-5-2-1-3-6(15(17)18)8(5)21-10-7(16(19)20)9(12)13-4-14-10/h1-4H,(H2,12,13,14). The summed E-state index contributed by atoms with van der Waals surface area (Å²) in [5.74, 6) is -3.08. The Morgan fingerprint density at radius 3 is 2.52 bits per heavy atom.